The summed E-state index contributed by atoms with van der Waals surface area (Å²) in [4.78, 5) is -0.220. The van der Waals surface area contributed by atoms with Gasteiger partial charge in [0.2, 0.25) is 10.0 Å². The molecule has 1 saturated carbocycles. The van der Waals surface area contributed by atoms with Gasteiger partial charge < -0.3 is 0 Å². The zero-order valence-electron chi connectivity index (χ0n) is 10.1. The fourth-order valence-corrected chi connectivity index (χ4v) is 4.20. The predicted molar refractivity (Wildman–Crippen MR) is 73.6 cm³/mol. The van der Waals surface area contributed by atoms with Crippen LogP contribution in [-0.2, 0) is 10.0 Å². The Morgan fingerprint density at radius 1 is 1.21 bits per heavy atom. The molecule has 2 rings (SSSR count). The number of hydrogen-bond donors (Lipinski definition) is 1. The Kier molecular flexibility index (Phi) is 4.71. The number of halogens is 3. The smallest absolute Gasteiger partial charge is 0.208 e. The molecule has 0 aromatic heterocycles. The van der Waals surface area contributed by atoms with Crippen molar-refractivity contribution in [2.45, 2.75) is 42.0 Å². The molecule has 0 radical (unpaired) electrons. The summed E-state index contributed by atoms with van der Waals surface area (Å²) in [5, 5.41) is 0.124. The lowest BCUT2D eigenvalue weighted by Crippen LogP contribution is -2.37. The van der Waals surface area contributed by atoms with Gasteiger partial charge >= 0.3 is 0 Å². The van der Waals surface area contributed by atoms with Gasteiger partial charge in [0.05, 0.1) is 5.02 Å². The average Bonchev–Trinajstić information content (AvgIpc) is 2.35. The van der Waals surface area contributed by atoms with Crippen molar-refractivity contribution >= 4 is 33.2 Å². The molecule has 1 N–H and O–H groups in total. The first-order chi connectivity index (χ1) is 8.88. The Morgan fingerprint density at radius 2 is 1.84 bits per heavy atom. The van der Waals surface area contributed by atoms with E-state index in [9.17, 15) is 12.8 Å². The highest BCUT2D eigenvalue weighted by atomic mass is 35.5. The van der Waals surface area contributed by atoms with Crippen LogP contribution in [0.2, 0.25) is 5.02 Å². The molecule has 0 aliphatic heterocycles. The molecule has 0 unspecified atom stereocenters. The molecule has 0 saturated heterocycles. The first-order valence-corrected chi connectivity index (χ1v) is 8.30. The van der Waals surface area contributed by atoms with E-state index in [1.807, 2.05) is 0 Å². The Morgan fingerprint density at radius 3 is 2.47 bits per heavy atom. The van der Waals surface area contributed by atoms with Gasteiger partial charge in [-0.2, -0.15) is 0 Å². The molecular weight excluding hydrogens is 312 g/mol. The van der Waals surface area contributed by atoms with Gasteiger partial charge in [0.25, 0.3) is 0 Å². The van der Waals surface area contributed by atoms with Gasteiger partial charge in [-0.25, -0.2) is 17.5 Å². The maximum atomic E-state index is 13.1. The average molecular weight is 326 g/mol. The zero-order chi connectivity index (χ0) is 14.0. The maximum absolute atomic E-state index is 13.1. The predicted octanol–water partition coefficient (Wildman–Crippen LogP) is 3.31. The minimum Gasteiger partial charge on any atom is -0.208 e. The van der Waals surface area contributed by atoms with Crippen LogP contribution in [0.5, 0.6) is 0 Å². The van der Waals surface area contributed by atoms with E-state index in [2.05, 4.69) is 4.72 Å². The van der Waals surface area contributed by atoms with Crippen LogP contribution in [0, 0.1) is 5.82 Å². The zero-order valence-corrected chi connectivity index (χ0v) is 12.4. The maximum Gasteiger partial charge on any atom is 0.242 e. The van der Waals surface area contributed by atoms with Gasteiger partial charge in [-0.1, -0.05) is 11.6 Å². The summed E-state index contributed by atoms with van der Waals surface area (Å²) >= 11 is 11.8. The van der Waals surface area contributed by atoms with Crippen molar-refractivity contribution < 1.29 is 12.8 Å². The van der Waals surface area contributed by atoms with Gasteiger partial charge in [-0.3, -0.25) is 0 Å². The first kappa shape index (κ1) is 15.0. The number of rotatable bonds is 3. The molecule has 19 heavy (non-hydrogen) atoms. The monoisotopic (exact) mass is 325 g/mol. The Balaban J connectivity index is 2.16. The Labute approximate surface area is 122 Å². The standard InChI is InChI=1S/C12H14Cl2FNO2S/c13-8-1-4-10(5-2-8)16-19(17,18)12-7-9(15)3-6-11(12)14/h3,6-8,10,16H,1-2,4-5H2. The number of alkyl halides is 1. The van der Waals surface area contributed by atoms with Gasteiger partial charge in [0, 0.05) is 11.4 Å². The lowest BCUT2D eigenvalue weighted by molar-refractivity contribution is 0.416. The van der Waals surface area contributed by atoms with E-state index in [-0.39, 0.29) is 21.3 Å². The fourth-order valence-electron chi connectivity index (χ4n) is 2.14. The topological polar surface area (TPSA) is 46.2 Å². The number of nitrogens with one attached hydrogen (secondary N) is 1. The van der Waals surface area contributed by atoms with Crippen molar-refractivity contribution in [2.75, 3.05) is 0 Å². The van der Waals surface area contributed by atoms with E-state index in [1.165, 1.54) is 6.07 Å². The number of benzene rings is 1. The van der Waals surface area contributed by atoms with Crippen LogP contribution in [0.25, 0.3) is 0 Å². The number of sulfonamides is 1. The van der Waals surface area contributed by atoms with Crippen molar-refractivity contribution in [3.8, 4) is 0 Å². The van der Waals surface area contributed by atoms with Crippen molar-refractivity contribution in [1.82, 2.24) is 4.72 Å². The van der Waals surface area contributed by atoms with Gasteiger partial charge in [-0.15, -0.1) is 11.6 Å². The summed E-state index contributed by atoms with van der Waals surface area (Å²) in [5.41, 5.74) is 0. The van der Waals surface area contributed by atoms with Crippen LogP contribution in [0.1, 0.15) is 25.7 Å². The number of hydrogen-bond acceptors (Lipinski definition) is 2. The highest BCUT2D eigenvalue weighted by molar-refractivity contribution is 7.89. The molecular formula is C12H14Cl2FNO2S. The fraction of sp³-hybridized carbons (Fsp3) is 0.500. The van der Waals surface area contributed by atoms with Crippen molar-refractivity contribution in [3.63, 3.8) is 0 Å². The minimum absolute atomic E-state index is 0.0138. The Hall–Kier alpha value is -0.360. The second-order valence-corrected chi connectivity index (χ2v) is 7.35. The molecule has 1 aromatic carbocycles. The molecule has 0 atom stereocenters. The van der Waals surface area contributed by atoms with Crippen LogP contribution >= 0.6 is 23.2 Å². The largest absolute Gasteiger partial charge is 0.242 e. The highest BCUT2D eigenvalue weighted by Gasteiger charge is 2.26. The second-order valence-electron chi connectivity index (χ2n) is 4.64. The highest BCUT2D eigenvalue weighted by Crippen LogP contribution is 2.26. The molecule has 0 amide bonds. The summed E-state index contributed by atoms with van der Waals surface area (Å²) in [6.07, 6.45) is 2.90. The molecule has 3 nitrogen and oxygen atoms in total. The summed E-state index contributed by atoms with van der Waals surface area (Å²) in [6.45, 7) is 0. The van der Waals surface area contributed by atoms with E-state index < -0.39 is 15.8 Å². The summed E-state index contributed by atoms with van der Waals surface area (Å²) in [7, 11) is -3.80. The summed E-state index contributed by atoms with van der Waals surface area (Å²) < 4.78 is 40.0. The Bertz CT molecular complexity index is 557. The van der Waals surface area contributed by atoms with Crippen LogP contribution in [-0.4, -0.2) is 19.8 Å². The first-order valence-electron chi connectivity index (χ1n) is 6.00. The summed E-state index contributed by atoms with van der Waals surface area (Å²) in [5.74, 6) is -0.630. The SMILES string of the molecule is O=S(=O)(NC1CCC(Cl)CC1)c1cc(F)ccc1Cl. The molecule has 0 bridgehead atoms. The molecule has 1 aliphatic carbocycles. The van der Waals surface area contributed by atoms with Crippen molar-refractivity contribution in [1.29, 1.82) is 0 Å². The van der Waals surface area contributed by atoms with Crippen LogP contribution < -0.4 is 4.72 Å². The summed E-state index contributed by atoms with van der Waals surface area (Å²) in [6, 6.07) is 3.12. The quantitative estimate of drug-likeness (QED) is 0.866. The minimum atomic E-state index is -3.80. The van der Waals surface area contributed by atoms with Crippen LogP contribution in [0.15, 0.2) is 23.1 Å². The third-order valence-electron chi connectivity index (χ3n) is 3.16. The molecule has 1 aromatic rings. The van der Waals surface area contributed by atoms with E-state index in [0.717, 1.165) is 25.0 Å². The van der Waals surface area contributed by atoms with E-state index in [1.54, 1.807) is 0 Å². The molecule has 0 spiro atoms. The molecule has 0 heterocycles. The molecule has 1 aliphatic rings. The normalized spacial score (nSPS) is 24.4. The second kappa shape index (κ2) is 5.95. The lowest BCUT2D eigenvalue weighted by atomic mass is 9.96. The third kappa shape index (κ3) is 3.81. The van der Waals surface area contributed by atoms with Gasteiger partial charge in [-0.05, 0) is 43.9 Å². The van der Waals surface area contributed by atoms with E-state index in [0.29, 0.717) is 12.8 Å². The molecule has 106 valence electrons. The molecule has 7 heteroatoms. The van der Waals surface area contributed by atoms with Gasteiger partial charge in [0.15, 0.2) is 0 Å². The third-order valence-corrected chi connectivity index (χ3v) is 5.60. The van der Waals surface area contributed by atoms with E-state index in [4.69, 9.17) is 23.2 Å². The van der Waals surface area contributed by atoms with E-state index >= 15 is 0 Å². The van der Waals surface area contributed by atoms with Crippen molar-refractivity contribution in [3.05, 3.63) is 29.0 Å². The van der Waals surface area contributed by atoms with Gasteiger partial charge in [0.1, 0.15) is 10.7 Å². The lowest BCUT2D eigenvalue weighted by Gasteiger charge is -2.25. The van der Waals surface area contributed by atoms with Crippen LogP contribution in [0.4, 0.5) is 4.39 Å². The van der Waals surface area contributed by atoms with Crippen LogP contribution in [0.3, 0.4) is 0 Å². The molecule has 1 fully saturated rings. The van der Waals surface area contributed by atoms with Crippen molar-refractivity contribution in [2.24, 2.45) is 0 Å².